The van der Waals surface area contributed by atoms with Crippen LogP contribution in [0.15, 0.2) is 59.8 Å². The van der Waals surface area contributed by atoms with Gasteiger partial charge in [-0.25, -0.2) is 4.57 Å². The number of benzene rings is 1. The van der Waals surface area contributed by atoms with E-state index < -0.39 is 0 Å². The van der Waals surface area contributed by atoms with Crippen LogP contribution >= 0.6 is 11.8 Å². The molecule has 2 aromatic rings. The number of carbonyl (C=O) groups is 3. The third-order valence-corrected chi connectivity index (χ3v) is 5.45. The number of aryl methyl sites for hydroxylation is 1. The molecular weight excluding hydrogens is 398 g/mol. The Bertz CT molecular complexity index is 827. The van der Waals surface area contributed by atoms with Crippen LogP contribution in [0.1, 0.15) is 49.4 Å². The van der Waals surface area contributed by atoms with E-state index in [1.807, 2.05) is 37.5 Å². The van der Waals surface area contributed by atoms with Crippen molar-refractivity contribution in [3.8, 4) is 0 Å². The molecule has 2 amide bonds. The van der Waals surface area contributed by atoms with Crippen molar-refractivity contribution < 1.29 is 19.0 Å². The van der Waals surface area contributed by atoms with E-state index >= 15 is 0 Å². The van der Waals surface area contributed by atoms with Crippen LogP contribution in [-0.4, -0.2) is 30.0 Å². The summed E-state index contributed by atoms with van der Waals surface area (Å²) in [6.45, 7) is 3.45. The lowest BCUT2D eigenvalue weighted by atomic mass is 10.2. The molecule has 1 heterocycles. The van der Waals surface area contributed by atoms with Crippen molar-refractivity contribution in [2.45, 2.75) is 50.5 Å². The van der Waals surface area contributed by atoms with Crippen LogP contribution in [0.5, 0.6) is 0 Å². The molecule has 0 unspecified atom stereocenters. The van der Waals surface area contributed by atoms with Crippen molar-refractivity contribution in [1.29, 1.82) is 0 Å². The van der Waals surface area contributed by atoms with Crippen LogP contribution in [-0.2, 0) is 16.1 Å². The summed E-state index contributed by atoms with van der Waals surface area (Å²) in [5, 5.41) is 5.43. The second-order valence-corrected chi connectivity index (χ2v) is 8.03. The summed E-state index contributed by atoms with van der Waals surface area (Å²) in [5.74, 6) is -0.564. The molecule has 0 atom stereocenters. The molecule has 0 aliphatic carbocycles. The van der Waals surface area contributed by atoms with Gasteiger partial charge in [-0.3, -0.25) is 14.4 Å². The van der Waals surface area contributed by atoms with Gasteiger partial charge in [-0.15, -0.1) is 0 Å². The summed E-state index contributed by atoms with van der Waals surface area (Å²) in [7, 11) is 0. The Balaban J connectivity index is 1.78. The lowest BCUT2D eigenvalue weighted by molar-refractivity contribution is -0.697. The molecule has 2 rings (SSSR count). The van der Waals surface area contributed by atoms with Crippen LogP contribution in [0.3, 0.4) is 0 Å². The van der Waals surface area contributed by atoms with Crippen LogP contribution < -0.4 is 15.2 Å². The van der Waals surface area contributed by atoms with Gasteiger partial charge in [-0.05, 0) is 25.0 Å². The van der Waals surface area contributed by atoms with Crippen LogP contribution in [0.2, 0.25) is 0 Å². The lowest BCUT2D eigenvalue weighted by Gasteiger charge is -2.10. The highest BCUT2D eigenvalue weighted by atomic mass is 32.2. The Morgan fingerprint density at radius 3 is 2.47 bits per heavy atom. The second kappa shape index (κ2) is 13.5. The van der Waals surface area contributed by atoms with Gasteiger partial charge in [0.15, 0.2) is 17.5 Å². The number of hydrogen-bond acceptors (Lipinski definition) is 4. The Morgan fingerprint density at radius 1 is 0.933 bits per heavy atom. The molecule has 1 aromatic heterocycles. The molecule has 0 saturated heterocycles. The largest absolute Gasteiger partial charge is 0.355 e. The van der Waals surface area contributed by atoms with E-state index in [0.29, 0.717) is 23.4 Å². The van der Waals surface area contributed by atoms with Crippen molar-refractivity contribution in [3.05, 3.63) is 60.4 Å². The van der Waals surface area contributed by atoms with Crippen molar-refractivity contribution >= 4 is 28.7 Å². The fraction of sp³-hybridized carbons (Fsp3) is 0.391. The number of carbonyl (C=O) groups excluding carboxylic acids is 3. The molecule has 160 valence electrons. The maximum absolute atomic E-state index is 12.5. The Kier molecular flexibility index (Phi) is 10.7. The van der Waals surface area contributed by atoms with Gasteiger partial charge < -0.3 is 10.6 Å². The molecule has 1 aromatic carbocycles. The van der Waals surface area contributed by atoms with E-state index in [9.17, 15) is 14.4 Å². The monoisotopic (exact) mass is 428 g/mol. The zero-order valence-electron chi connectivity index (χ0n) is 17.4. The molecule has 0 aliphatic rings. The highest BCUT2D eigenvalue weighted by Gasteiger charge is 2.15. The minimum Gasteiger partial charge on any atom is -0.355 e. The number of pyridine rings is 1. The first-order chi connectivity index (χ1) is 14.6. The van der Waals surface area contributed by atoms with Gasteiger partial charge in [-0.2, -0.15) is 0 Å². The maximum Gasteiger partial charge on any atom is 0.252 e. The van der Waals surface area contributed by atoms with E-state index in [4.69, 9.17) is 0 Å². The Morgan fingerprint density at radius 2 is 1.70 bits per heavy atom. The number of nitrogens with zero attached hydrogens (tertiary/aromatic N) is 1. The van der Waals surface area contributed by atoms with Gasteiger partial charge in [0.05, 0.1) is 12.1 Å². The smallest absolute Gasteiger partial charge is 0.252 e. The van der Waals surface area contributed by atoms with Crippen LogP contribution in [0, 0.1) is 0 Å². The number of hydrogen-bond donors (Lipinski definition) is 2. The van der Waals surface area contributed by atoms with Gasteiger partial charge in [0, 0.05) is 36.4 Å². The standard InChI is InChI=1S/C23H29N3O3S/c1-2-3-14-24-21(27)18-25-23(29)19-11-5-6-12-20(19)30-22(28)13-7-10-17-26-15-8-4-9-16-26/h4-6,8-9,11-12,15-16H,2-3,7,10,13-14,17-18H2,1H3,(H-,24,25,27,29)/p+1. The first kappa shape index (κ1) is 23.6. The molecule has 0 radical (unpaired) electrons. The highest BCUT2D eigenvalue weighted by Crippen LogP contribution is 2.25. The molecule has 0 aliphatic heterocycles. The van der Waals surface area contributed by atoms with Crippen molar-refractivity contribution in [2.75, 3.05) is 13.1 Å². The molecule has 0 spiro atoms. The van der Waals surface area contributed by atoms with E-state index in [1.54, 1.807) is 24.3 Å². The van der Waals surface area contributed by atoms with Gasteiger partial charge in [-0.1, -0.05) is 43.3 Å². The summed E-state index contributed by atoms with van der Waals surface area (Å²) in [5.41, 5.74) is 0.414. The van der Waals surface area contributed by atoms with Gasteiger partial charge in [0.25, 0.3) is 5.91 Å². The summed E-state index contributed by atoms with van der Waals surface area (Å²) in [6, 6.07) is 12.9. The van der Waals surface area contributed by atoms with Gasteiger partial charge >= 0.3 is 0 Å². The Hall–Kier alpha value is -2.67. The fourth-order valence-corrected chi connectivity index (χ4v) is 3.70. The SMILES string of the molecule is CCCCNC(=O)CNC(=O)c1ccccc1SC(=O)CCCC[n+]1ccccc1. The van der Waals surface area contributed by atoms with E-state index in [2.05, 4.69) is 15.2 Å². The van der Waals surface area contributed by atoms with E-state index in [0.717, 1.165) is 44.0 Å². The fourth-order valence-electron chi connectivity index (χ4n) is 2.79. The summed E-state index contributed by atoms with van der Waals surface area (Å²) in [4.78, 5) is 37.2. The minimum absolute atomic E-state index is 0.0330. The molecular formula is C23H30N3O3S+. The normalized spacial score (nSPS) is 10.4. The molecule has 6 nitrogen and oxygen atoms in total. The Labute approximate surface area is 182 Å². The first-order valence-electron chi connectivity index (χ1n) is 10.4. The number of nitrogens with one attached hydrogen (secondary N) is 2. The van der Waals surface area contributed by atoms with Crippen molar-refractivity contribution in [3.63, 3.8) is 0 Å². The van der Waals surface area contributed by atoms with E-state index in [1.165, 1.54) is 0 Å². The van der Waals surface area contributed by atoms with Crippen molar-refractivity contribution in [2.24, 2.45) is 0 Å². The molecule has 0 fully saturated rings. The van der Waals surface area contributed by atoms with E-state index in [-0.39, 0.29) is 23.5 Å². The highest BCUT2D eigenvalue weighted by molar-refractivity contribution is 8.13. The van der Waals surface area contributed by atoms with Crippen molar-refractivity contribution in [1.82, 2.24) is 10.6 Å². The number of thioether (sulfide) groups is 1. The lowest BCUT2D eigenvalue weighted by Crippen LogP contribution is -2.37. The molecule has 0 saturated carbocycles. The predicted octanol–water partition coefficient (Wildman–Crippen LogP) is 3.11. The quantitative estimate of drug-likeness (QED) is 0.309. The van der Waals surface area contributed by atoms with Gasteiger partial charge in [0.2, 0.25) is 5.91 Å². The molecule has 2 N–H and O–H groups in total. The number of unbranched alkanes of at least 4 members (excludes halogenated alkanes) is 2. The molecule has 0 bridgehead atoms. The number of rotatable bonds is 12. The summed E-state index contributed by atoms with van der Waals surface area (Å²) in [6.07, 6.45) is 8.08. The maximum atomic E-state index is 12.5. The zero-order valence-corrected chi connectivity index (χ0v) is 18.2. The zero-order chi connectivity index (χ0) is 21.6. The van der Waals surface area contributed by atoms with Crippen LogP contribution in [0.25, 0.3) is 0 Å². The molecule has 30 heavy (non-hydrogen) atoms. The number of aromatic nitrogens is 1. The van der Waals surface area contributed by atoms with Crippen LogP contribution in [0.4, 0.5) is 0 Å². The van der Waals surface area contributed by atoms with Gasteiger partial charge in [0.1, 0.15) is 6.54 Å². The minimum atomic E-state index is -0.350. The summed E-state index contributed by atoms with van der Waals surface area (Å²) < 4.78 is 2.09. The third kappa shape index (κ3) is 8.78. The number of amides is 2. The summed E-state index contributed by atoms with van der Waals surface area (Å²) >= 11 is 1.09. The first-order valence-corrected chi connectivity index (χ1v) is 11.2. The second-order valence-electron chi connectivity index (χ2n) is 6.93. The average Bonchev–Trinajstić information content (AvgIpc) is 2.76. The topological polar surface area (TPSA) is 79.2 Å². The average molecular weight is 429 g/mol. The predicted molar refractivity (Wildman–Crippen MR) is 118 cm³/mol. The molecule has 7 heteroatoms. The third-order valence-electron chi connectivity index (χ3n) is 4.44.